The van der Waals surface area contributed by atoms with Crippen molar-refractivity contribution in [2.75, 3.05) is 26.2 Å². The van der Waals surface area contributed by atoms with Crippen LogP contribution in [-0.2, 0) is 12.8 Å². The third kappa shape index (κ3) is 3.34. The standard InChI is InChI=1S/C19H28N2OS/c22-19(21-9-7-15-12-20-13-16(15)8-10-21)18-11-14-5-3-1-2-4-6-17(14)23-18/h11,15-16,20H,1-10,12-13H2/t15-,16+. The predicted octanol–water partition coefficient (Wildman–Crippen LogP) is 3.48. The van der Waals surface area contributed by atoms with Crippen molar-refractivity contribution < 1.29 is 4.79 Å². The maximum absolute atomic E-state index is 13.0. The molecule has 2 aliphatic heterocycles. The summed E-state index contributed by atoms with van der Waals surface area (Å²) in [7, 11) is 0. The topological polar surface area (TPSA) is 32.3 Å². The van der Waals surface area contributed by atoms with Gasteiger partial charge in [0.15, 0.2) is 0 Å². The van der Waals surface area contributed by atoms with Crippen molar-refractivity contribution >= 4 is 17.2 Å². The van der Waals surface area contributed by atoms with Gasteiger partial charge in [-0.15, -0.1) is 11.3 Å². The van der Waals surface area contributed by atoms with Gasteiger partial charge in [0.1, 0.15) is 0 Å². The fraction of sp³-hybridized carbons (Fsp3) is 0.737. The second-order valence-electron chi connectivity index (χ2n) is 7.52. The summed E-state index contributed by atoms with van der Waals surface area (Å²) in [6, 6.07) is 2.22. The van der Waals surface area contributed by atoms with Crippen LogP contribution in [0.15, 0.2) is 6.07 Å². The molecule has 1 amide bonds. The van der Waals surface area contributed by atoms with Crippen LogP contribution in [0.25, 0.3) is 0 Å². The number of carbonyl (C=O) groups excluding carboxylic acids is 1. The Balaban J connectivity index is 1.47. The number of hydrogen-bond acceptors (Lipinski definition) is 3. The summed E-state index contributed by atoms with van der Waals surface area (Å²) in [5, 5.41) is 3.51. The summed E-state index contributed by atoms with van der Waals surface area (Å²) in [5.41, 5.74) is 1.47. The number of aryl methyl sites for hydroxylation is 2. The molecule has 1 aliphatic carbocycles. The first kappa shape index (κ1) is 15.6. The summed E-state index contributed by atoms with van der Waals surface area (Å²) in [6.45, 7) is 4.20. The van der Waals surface area contributed by atoms with Gasteiger partial charge < -0.3 is 10.2 Å². The summed E-state index contributed by atoms with van der Waals surface area (Å²) in [5.74, 6) is 1.88. The van der Waals surface area contributed by atoms with E-state index in [1.54, 1.807) is 11.3 Å². The molecule has 1 aromatic heterocycles. The first-order valence-electron chi connectivity index (χ1n) is 9.43. The van der Waals surface area contributed by atoms with Gasteiger partial charge in [-0.05, 0) is 75.1 Å². The van der Waals surface area contributed by atoms with Gasteiger partial charge in [-0.2, -0.15) is 0 Å². The molecule has 4 rings (SSSR count). The molecule has 1 aromatic rings. The van der Waals surface area contributed by atoms with Crippen LogP contribution in [0.4, 0.5) is 0 Å². The summed E-state index contributed by atoms with van der Waals surface area (Å²) >= 11 is 1.78. The highest BCUT2D eigenvalue weighted by molar-refractivity contribution is 7.14. The Bertz CT molecular complexity index is 528. The quantitative estimate of drug-likeness (QED) is 0.854. The Morgan fingerprint density at radius 1 is 1.04 bits per heavy atom. The number of likely N-dealkylation sites (tertiary alicyclic amines) is 1. The maximum atomic E-state index is 13.0. The van der Waals surface area contributed by atoms with E-state index in [1.807, 2.05) is 0 Å². The Labute approximate surface area is 143 Å². The molecule has 3 heterocycles. The van der Waals surface area contributed by atoms with Gasteiger partial charge in [-0.1, -0.05) is 12.8 Å². The van der Waals surface area contributed by atoms with Crippen molar-refractivity contribution in [2.45, 2.75) is 51.4 Å². The molecule has 0 saturated carbocycles. The largest absolute Gasteiger partial charge is 0.338 e. The lowest BCUT2D eigenvalue weighted by Crippen LogP contribution is -2.32. The molecule has 23 heavy (non-hydrogen) atoms. The van der Waals surface area contributed by atoms with Gasteiger partial charge in [0.05, 0.1) is 4.88 Å². The van der Waals surface area contributed by atoms with Gasteiger partial charge in [0.2, 0.25) is 0 Å². The van der Waals surface area contributed by atoms with Crippen molar-refractivity contribution in [3.05, 3.63) is 21.4 Å². The number of rotatable bonds is 1. The predicted molar refractivity (Wildman–Crippen MR) is 95.2 cm³/mol. The SMILES string of the molecule is O=C(c1cc2c(s1)CCCCCC2)N1CC[C@@H]2CNC[C@@H]2CC1. The van der Waals surface area contributed by atoms with Gasteiger partial charge in [0, 0.05) is 18.0 Å². The van der Waals surface area contributed by atoms with E-state index in [0.29, 0.717) is 5.91 Å². The first-order chi connectivity index (χ1) is 11.3. The number of nitrogens with one attached hydrogen (secondary N) is 1. The Morgan fingerprint density at radius 3 is 2.48 bits per heavy atom. The van der Waals surface area contributed by atoms with E-state index in [2.05, 4.69) is 16.3 Å². The molecule has 3 aliphatic rings. The summed E-state index contributed by atoms with van der Waals surface area (Å²) in [6.07, 6.45) is 9.99. The van der Waals surface area contributed by atoms with Crippen LogP contribution in [0, 0.1) is 11.8 Å². The molecule has 0 bridgehead atoms. The zero-order valence-corrected chi connectivity index (χ0v) is 14.8. The van der Waals surface area contributed by atoms with Gasteiger partial charge >= 0.3 is 0 Å². The molecule has 1 N–H and O–H groups in total. The Kier molecular flexibility index (Phi) is 4.72. The Morgan fingerprint density at radius 2 is 1.74 bits per heavy atom. The molecule has 0 unspecified atom stereocenters. The van der Waals surface area contributed by atoms with E-state index in [-0.39, 0.29) is 0 Å². The lowest BCUT2D eigenvalue weighted by molar-refractivity contribution is 0.0763. The van der Waals surface area contributed by atoms with Crippen LogP contribution in [-0.4, -0.2) is 37.0 Å². The smallest absolute Gasteiger partial charge is 0.263 e. The molecule has 126 valence electrons. The minimum Gasteiger partial charge on any atom is -0.338 e. The van der Waals surface area contributed by atoms with E-state index in [1.165, 1.54) is 61.8 Å². The molecular formula is C19H28N2OS. The van der Waals surface area contributed by atoms with Crippen molar-refractivity contribution in [2.24, 2.45) is 11.8 Å². The maximum Gasteiger partial charge on any atom is 0.263 e. The van der Waals surface area contributed by atoms with E-state index in [9.17, 15) is 4.79 Å². The third-order valence-corrected chi connectivity index (χ3v) is 7.24. The summed E-state index contributed by atoms with van der Waals surface area (Å²) < 4.78 is 0. The van der Waals surface area contributed by atoms with Gasteiger partial charge in [-0.25, -0.2) is 0 Å². The average molecular weight is 333 g/mol. The first-order valence-corrected chi connectivity index (χ1v) is 10.2. The van der Waals surface area contributed by atoms with E-state index in [4.69, 9.17) is 0 Å². The van der Waals surface area contributed by atoms with Crippen LogP contribution >= 0.6 is 11.3 Å². The number of fused-ring (bicyclic) bond motifs is 2. The molecule has 2 saturated heterocycles. The van der Waals surface area contributed by atoms with E-state index in [0.717, 1.165) is 42.9 Å². The van der Waals surface area contributed by atoms with Crippen LogP contribution in [0.5, 0.6) is 0 Å². The van der Waals surface area contributed by atoms with Gasteiger partial charge in [0.25, 0.3) is 5.91 Å². The lowest BCUT2D eigenvalue weighted by Gasteiger charge is -2.20. The zero-order chi connectivity index (χ0) is 15.6. The zero-order valence-electron chi connectivity index (χ0n) is 14.0. The van der Waals surface area contributed by atoms with Crippen molar-refractivity contribution in [3.63, 3.8) is 0 Å². The van der Waals surface area contributed by atoms with Crippen molar-refractivity contribution in [1.82, 2.24) is 10.2 Å². The van der Waals surface area contributed by atoms with Crippen LogP contribution < -0.4 is 5.32 Å². The third-order valence-electron chi connectivity index (χ3n) is 6.01. The fourth-order valence-corrected chi connectivity index (χ4v) is 5.75. The molecule has 0 radical (unpaired) electrons. The number of amides is 1. The van der Waals surface area contributed by atoms with Crippen molar-refractivity contribution in [1.29, 1.82) is 0 Å². The minimum atomic E-state index is 0.301. The second kappa shape index (κ2) is 6.94. The van der Waals surface area contributed by atoms with Crippen LogP contribution in [0.1, 0.15) is 58.6 Å². The molecule has 0 aromatic carbocycles. The van der Waals surface area contributed by atoms with E-state index < -0.39 is 0 Å². The molecule has 2 fully saturated rings. The average Bonchev–Trinajstić information content (AvgIpc) is 3.09. The molecule has 3 nitrogen and oxygen atoms in total. The Hall–Kier alpha value is -0.870. The number of nitrogens with zero attached hydrogens (tertiary/aromatic N) is 1. The summed E-state index contributed by atoms with van der Waals surface area (Å²) in [4.78, 5) is 17.6. The molecule has 2 atom stereocenters. The minimum absolute atomic E-state index is 0.301. The normalized spacial score (nSPS) is 28.4. The van der Waals surface area contributed by atoms with Crippen molar-refractivity contribution in [3.8, 4) is 0 Å². The molecular weight excluding hydrogens is 304 g/mol. The molecule has 4 heteroatoms. The van der Waals surface area contributed by atoms with Crippen LogP contribution in [0.3, 0.4) is 0 Å². The lowest BCUT2D eigenvalue weighted by atomic mass is 9.92. The number of thiophene rings is 1. The fourth-order valence-electron chi connectivity index (χ4n) is 4.53. The number of hydrogen-bond donors (Lipinski definition) is 1. The monoisotopic (exact) mass is 332 g/mol. The second-order valence-corrected chi connectivity index (χ2v) is 8.66. The highest BCUT2D eigenvalue weighted by Gasteiger charge is 2.32. The number of carbonyl (C=O) groups is 1. The highest BCUT2D eigenvalue weighted by Crippen LogP contribution is 2.31. The van der Waals surface area contributed by atoms with Crippen LogP contribution in [0.2, 0.25) is 0 Å². The van der Waals surface area contributed by atoms with E-state index >= 15 is 0 Å². The van der Waals surface area contributed by atoms with Gasteiger partial charge in [-0.3, -0.25) is 4.79 Å². The highest BCUT2D eigenvalue weighted by atomic mass is 32.1. The molecule has 0 spiro atoms.